The minimum absolute atomic E-state index is 0.0291. The average Bonchev–Trinajstić information content (AvgIpc) is 3.72. The van der Waals surface area contributed by atoms with Crippen molar-refractivity contribution in [1.82, 2.24) is 41.4 Å². The van der Waals surface area contributed by atoms with Gasteiger partial charge in [0.15, 0.2) is 5.78 Å². The second-order valence-corrected chi connectivity index (χ2v) is 19.2. The largest absolute Gasteiger partial charge is 0.387 e. The van der Waals surface area contributed by atoms with Crippen molar-refractivity contribution in [2.24, 2.45) is 11.1 Å². The molecule has 0 bridgehead atoms. The van der Waals surface area contributed by atoms with Crippen LogP contribution in [0.3, 0.4) is 0 Å². The molecule has 23 heteroatoms. The van der Waals surface area contributed by atoms with Crippen LogP contribution in [0, 0.1) is 17.0 Å². The number of aliphatic hydroxyl groups excluding tert-OH is 1. The molecular formula is C50H66BrF2N9O11. The Labute approximate surface area is 430 Å². The van der Waals surface area contributed by atoms with E-state index in [9.17, 15) is 57.4 Å². The number of aliphatic hydroxyl groups is 1. The third-order valence-corrected chi connectivity index (χ3v) is 12.0. The highest BCUT2D eigenvalue weighted by Gasteiger charge is 2.39. The lowest BCUT2D eigenvalue weighted by Crippen LogP contribution is -2.58. The Hall–Kier alpha value is -6.88. The lowest BCUT2D eigenvalue weighted by molar-refractivity contribution is -0.140. The number of benzene rings is 2. The third-order valence-electron chi connectivity index (χ3n) is 11.5. The van der Waals surface area contributed by atoms with E-state index in [2.05, 4.69) is 47.8 Å². The van der Waals surface area contributed by atoms with Crippen molar-refractivity contribution in [1.29, 1.82) is 0 Å². The molecule has 0 radical (unpaired) electrons. The van der Waals surface area contributed by atoms with Crippen LogP contribution in [0.1, 0.15) is 97.9 Å². The topological polar surface area (TPSA) is 297 Å². The second-order valence-electron chi connectivity index (χ2n) is 18.7. The van der Waals surface area contributed by atoms with E-state index in [0.29, 0.717) is 5.69 Å². The standard InChI is InChI=1S/C50H66BrF2N9O11/c1-28(64)13-16-37(31(4)65)58-42(67)17-19-55-48(72)38(59-49(73)39(23-41(54)66)60-47(71)30(3)57-46(70)29(2)56-43(68)24-51)18-20-62(44(69)27-63)45(50(5,6)7)40-21-33(35-22-34(52)14-15-36(35)53)26-61(40)25-32-11-9-8-10-12-32/h8-12,14-15,21-22,26,29-30,37-39,45,63H,13,16-20,23-25,27H2,1-7H3,(H2,54,66)(H,55,72)(H,56,68)(H,57,70)(H,58,67)(H,59,73)(H,60,71)/t29-,30+,37+,38-,39-,45-/m0/s1. The molecule has 6 atom stereocenters. The Bertz CT molecular complexity index is 2480. The maximum absolute atomic E-state index is 15.4. The SMILES string of the molecule is CC(=O)CC[C@@H](NC(=O)CCNC(=O)[C@H](CCN(C(=O)CO)[C@@H](c1cc(-c2cc(F)ccc2F)cn1Cc1ccccc1)C(C)(C)C)NC(=O)[C@H](CC(N)=O)NC(=O)[C@@H](C)NC(=O)[C@H](C)NC(=O)CBr)C(C)=O. The number of carbonyl (C=O) groups excluding carboxylic acids is 10. The minimum Gasteiger partial charge on any atom is -0.387 e. The first kappa shape index (κ1) is 60.4. The number of primary amides is 1. The zero-order chi connectivity index (χ0) is 54.7. The van der Waals surface area contributed by atoms with Gasteiger partial charge in [-0.25, -0.2) is 8.78 Å². The highest BCUT2D eigenvalue weighted by molar-refractivity contribution is 9.09. The fraction of sp³-hybridized carbons (Fsp3) is 0.480. The van der Waals surface area contributed by atoms with Gasteiger partial charge in [-0.05, 0) is 75.8 Å². The van der Waals surface area contributed by atoms with Gasteiger partial charge in [0.05, 0.1) is 23.8 Å². The number of aromatic nitrogens is 1. The molecule has 3 rings (SSSR count). The first-order valence-corrected chi connectivity index (χ1v) is 24.6. The number of nitrogens with one attached hydrogen (secondary N) is 6. The zero-order valence-electron chi connectivity index (χ0n) is 41.9. The molecule has 1 heterocycles. The molecule has 8 amide bonds. The van der Waals surface area contributed by atoms with Crippen LogP contribution in [0.25, 0.3) is 11.1 Å². The van der Waals surface area contributed by atoms with E-state index in [1.165, 1.54) is 32.6 Å². The van der Waals surface area contributed by atoms with Crippen LogP contribution in [-0.4, -0.2) is 129 Å². The molecule has 73 heavy (non-hydrogen) atoms. The summed E-state index contributed by atoms with van der Waals surface area (Å²) in [5, 5.41) is 25.1. The predicted molar refractivity (Wildman–Crippen MR) is 268 cm³/mol. The molecule has 0 unspecified atom stereocenters. The van der Waals surface area contributed by atoms with E-state index < -0.39 is 126 Å². The van der Waals surface area contributed by atoms with Gasteiger partial charge in [-0.1, -0.05) is 67.0 Å². The lowest BCUT2D eigenvalue weighted by Gasteiger charge is -2.41. The first-order chi connectivity index (χ1) is 34.2. The van der Waals surface area contributed by atoms with E-state index >= 15 is 4.39 Å². The van der Waals surface area contributed by atoms with Crippen LogP contribution in [0.5, 0.6) is 0 Å². The molecule has 20 nitrogen and oxygen atoms in total. The molecule has 1 aromatic heterocycles. The second kappa shape index (κ2) is 28.4. The molecule has 9 N–H and O–H groups in total. The summed E-state index contributed by atoms with van der Waals surface area (Å²) in [5.41, 5.74) is 6.01. The number of rotatable bonds is 28. The molecule has 0 saturated heterocycles. The number of amides is 8. The van der Waals surface area contributed by atoms with Gasteiger partial charge in [-0.15, -0.1) is 0 Å². The number of Topliss-reactive ketones (excluding diaryl/α,β-unsaturated/α-hetero) is 2. The summed E-state index contributed by atoms with van der Waals surface area (Å²) < 4.78 is 31.7. The highest BCUT2D eigenvalue weighted by atomic mass is 79.9. The summed E-state index contributed by atoms with van der Waals surface area (Å²) in [7, 11) is 0. The smallest absolute Gasteiger partial charge is 0.248 e. The van der Waals surface area contributed by atoms with E-state index in [0.717, 1.165) is 23.8 Å². The number of nitrogens with two attached hydrogens (primary N) is 1. The molecule has 0 saturated carbocycles. The van der Waals surface area contributed by atoms with Crippen LogP contribution in [0.2, 0.25) is 0 Å². The van der Waals surface area contributed by atoms with Crippen molar-refractivity contribution in [3.63, 3.8) is 0 Å². The molecule has 398 valence electrons. The highest BCUT2D eigenvalue weighted by Crippen LogP contribution is 2.41. The molecule has 0 fully saturated rings. The van der Waals surface area contributed by atoms with Crippen LogP contribution in [-0.2, 0) is 54.5 Å². The number of hydrogen-bond acceptors (Lipinski definition) is 11. The quantitative estimate of drug-likeness (QED) is 0.0487. The first-order valence-electron chi connectivity index (χ1n) is 23.5. The molecular weight excluding hydrogens is 1020 g/mol. The Morgan fingerprint density at radius 3 is 1.97 bits per heavy atom. The Morgan fingerprint density at radius 1 is 0.753 bits per heavy atom. The van der Waals surface area contributed by atoms with Gasteiger partial charge in [-0.2, -0.15) is 0 Å². The molecule has 2 aromatic carbocycles. The van der Waals surface area contributed by atoms with Gasteiger partial charge < -0.3 is 57.0 Å². The summed E-state index contributed by atoms with van der Waals surface area (Å²) in [6.07, 6.45) is 0.120. The predicted octanol–water partition coefficient (Wildman–Crippen LogP) is 1.98. The maximum atomic E-state index is 15.4. The van der Waals surface area contributed by atoms with Crippen molar-refractivity contribution in [2.45, 2.75) is 123 Å². The monoisotopic (exact) mass is 1090 g/mol. The number of nitrogens with zero attached hydrogens (tertiary/aromatic N) is 2. The van der Waals surface area contributed by atoms with Crippen molar-refractivity contribution in [2.75, 3.05) is 25.0 Å². The fourth-order valence-electron chi connectivity index (χ4n) is 7.78. The van der Waals surface area contributed by atoms with Crippen LogP contribution in [0.15, 0.2) is 60.8 Å². The van der Waals surface area contributed by atoms with Crippen LogP contribution < -0.4 is 37.6 Å². The summed E-state index contributed by atoms with van der Waals surface area (Å²) in [6, 6.07) is 6.04. The average molecular weight is 1090 g/mol. The summed E-state index contributed by atoms with van der Waals surface area (Å²) in [4.78, 5) is 130. The Kier molecular flexibility index (Phi) is 23.5. The van der Waals surface area contributed by atoms with E-state index in [1.54, 1.807) is 37.6 Å². The number of halogens is 3. The van der Waals surface area contributed by atoms with E-state index in [-0.39, 0.29) is 61.1 Å². The lowest BCUT2D eigenvalue weighted by atomic mass is 9.82. The van der Waals surface area contributed by atoms with Gasteiger partial charge in [0, 0.05) is 55.5 Å². The molecule has 0 aliphatic heterocycles. The number of carbonyl (C=O) groups is 10. The Balaban J connectivity index is 2.06. The van der Waals surface area contributed by atoms with Crippen LogP contribution in [0.4, 0.5) is 8.78 Å². The van der Waals surface area contributed by atoms with E-state index in [4.69, 9.17) is 5.73 Å². The van der Waals surface area contributed by atoms with Crippen molar-refractivity contribution in [3.8, 4) is 11.1 Å². The zero-order valence-corrected chi connectivity index (χ0v) is 43.5. The van der Waals surface area contributed by atoms with Crippen LogP contribution >= 0.6 is 15.9 Å². The van der Waals surface area contributed by atoms with Crippen molar-refractivity contribution < 1.29 is 61.8 Å². The van der Waals surface area contributed by atoms with Gasteiger partial charge in [0.2, 0.25) is 47.3 Å². The van der Waals surface area contributed by atoms with Gasteiger partial charge in [-0.3, -0.25) is 43.2 Å². The minimum atomic E-state index is -1.74. The van der Waals surface area contributed by atoms with Gasteiger partial charge >= 0.3 is 0 Å². The maximum Gasteiger partial charge on any atom is 0.248 e. The summed E-state index contributed by atoms with van der Waals surface area (Å²) in [5.74, 6) is -8.79. The number of ketones is 2. The molecule has 0 aliphatic carbocycles. The van der Waals surface area contributed by atoms with Gasteiger partial charge in [0.1, 0.15) is 48.2 Å². The number of hydrogen-bond donors (Lipinski definition) is 8. The Morgan fingerprint density at radius 2 is 1.38 bits per heavy atom. The summed E-state index contributed by atoms with van der Waals surface area (Å²) in [6.45, 7) is 9.06. The molecule has 0 spiro atoms. The van der Waals surface area contributed by atoms with Crippen molar-refractivity contribution >= 4 is 74.8 Å². The fourth-order valence-corrected chi connectivity index (χ4v) is 7.94. The summed E-state index contributed by atoms with van der Waals surface area (Å²) >= 11 is 2.97. The third kappa shape index (κ3) is 19.2. The normalized spacial score (nSPS) is 13.7. The molecule has 3 aromatic rings. The van der Waals surface area contributed by atoms with E-state index in [1.807, 2.05) is 30.3 Å². The number of alkyl halides is 1. The van der Waals surface area contributed by atoms with Gasteiger partial charge in [0.25, 0.3) is 0 Å². The molecule has 0 aliphatic rings. The van der Waals surface area contributed by atoms with Crippen molar-refractivity contribution in [3.05, 3.63) is 83.7 Å².